The van der Waals surface area contributed by atoms with E-state index in [4.69, 9.17) is 5.53 Å². The Kier molecular flexibility index (Phi) is 4.39. The van der Waals surface area contributed by atoms with E-state index < -0.39 is 6.10 Å². The minimum Gasteiger partial charge on any atom is -0.391 e. The number of aliphatic hydroxyl groups is 1. The summed E-state index contributed by atoms with van der Waals surface area (Å²) >= 11 is 0. The van der Waals surface area contributed by atoms with Crippen molar-refractivity contribution < 1.29 is 9.90 Å². The van der Waals surface area contributed by atoms with Gasteiger partial charge in [0.1, 0.15) is 6.54 Å². The molecule has 1 rings (SSSR count). The van der Waals surface area contributed by atoms with Crippen molar-refractivity contribution in [3.05, 3.63) is 10.4 Å². The SMILES string of the molecule is C[C@H](O)[C@H]1CCCCN1C(=O)CN=[N+]=[N-]. The molecule has 1 aliphatic heterocycles. The summed E-state index contributed by atoms with van der Waals surface area (Å²) in [7, 11) is 0. The lowest BCUT2D eigenvalue weighted by molar-refractivity contribution is -0.136. The number of piperidine rings is 1. The molecule has 15 heavy (non-hydrogen) atoms. The highest BCUT2D eigenvalue weighted by Crippen LogP contribution is 2.19. The van der Waals surface area contributed by atoms with Gasteiger partial charge in [0.15, 0.2) is 0 Å². The third-order valence-electron chi connectivity index (χ3n) is 2.70. The lowest BCUT2D eigenvalue weighted by Crippen LogP contribution is -2.49. The molecule has 0 aliphatic carbocycles. The Balaban J connectivity index is 2.62. The van der Waals surface area contributed by atoms with Crippen molar-refractivity contribution in [1.29, 1.82) is 0 Å². The van der Waals surface area contributed by atoms with Gasteiger partial charge in [0.2, 0.25) is 5.91 Å². The Bertz CT molecular complexity index is 273. The lowest BCUT2D eigenvalue weighted by Gasteiger charge is -2.37. The van der Waals surface area contributed by atoms with Crippen molar-refractivity contribution in [2.45, 2.75) is 38.3 Å². The summed E-state index contributed by atoms with van der Waals surface area (Å²) in [6.07, 6.45) is 2.27. The first-order valence-corrected chi connectivity index (χ1v) is 5.15. The number of nitrogens with zero attached hydrogens (tertiary/aromatic N) is 4. The molecule has 1 aliphatic rings. The van der Waals surface area contributed by atoms with Crippen LogP contribution in [0.5, 0.6) is 0 Å². The maximum atomic E-state index is 11.6. The van der Waals surface area contributed by atoms with E-state index in [-0.39, 0.29) is 18.5 Å². The molecule has 84 valence electrons. The topological polar surface area (TPSA) is 89.3 Å². The van der Waals surface area contributed by atoms with Crippen molar-refractivity contribution in [1.82, 2.24) is 4.90 Å². The van der Waals surface area contributed by atoms with Gasteiger partial charge in [0, 0.05) is 11.5 Å². The van der Waals surface area contributed by atoms with E-state index in [1.807, 2.05) is 0 Å². The monoisotopic (exact) mass is 212 g/mol. The van der Waals surface area contributed by atoms with E-state index in [0.717, 1.165) is 19.3 Å². The van der Waals surface area contributed by atoms with Gasteiger partial charge >= 0.3 is 0 Å². The van der Waals surface area contributed by atoms with Crippen molar-refractivity contribution >= 4 is 5.91 Å². The highest BCUT2D eigenvalue weighted by molar-refractivity contribution is 5.78. The number of rotatable bonds is 3. The first-order valence-electron chi connectivity index (χ1n) is 5.15. The van der Waals surface area contributed by atoms with E-state index in [1.165, 1.54) is 0 Å². The van der Waals surface area contributed by atoms with Gasteiger partial charge in [-0.15, -0.1) is 0 Å². The fraction of sp³-hybridized carbons (Fsp3) is 0.889. The van der Waals surface area contributed by atoms with Crippen LogP contribution < -0.4 is 0 Å². The van der Waals surface area contributed by atoms with Gasteiger partial charge in [-0.3, -0.25) is 4.79 Å². The van der Waals surface area contributed by atoms with Gasteiger partial charge in [0.05, 0.1) is 12.1 Å². The predicted molar refractivity (Wildman–Crippen MR) is 55.0 cm³/mol. The van der Waals surface area contributed by atoms with Gasteiger partial charge in [-0.1, -0.05) is 5.11 Å². The summed E-state index contributed by atoms with van der Waals surface area (Å²) in [5.41, 5.74) is 8.13. The van der Waals surface area contributed by atoms with Gasteiger partial charge in [-0.25, -0.2) is 0 Å². The van der Waals surface area contributed by atoms with Crippen molar-refractivity contribution in [2.24, 2.45) is 5.11 Å². The van der Waals surface area contributed by atoms with Crippen LogP contribution in [0, 0.1) is 0 Å². The molecule has 0 aromatic carbocycles. The number of azide groups is 1. The number of hydrogen-bond acceptors (Lipinski definition) is 3. The molecular weight excluding hydrogens is 196 g/mol. The summed E-state index contributed by atoms with van der Waals surface area (Å²) < 4.78 is 0. The molecule has 6 heteroatoms. The molecule has 6 nitrogen and oxygen atoms in total. The molecule has 0 unspecified atom stereocenters. The first kappa shape index (κ1) is 11.8. The zero-order chi connectivity index (χ0) is 11.3. The van der Waals surface area contributed by atoms with Crippen molar-refractivity contribution in [2.75, 3.05) is 13.1 Å². The molecule has 1 N–H and O–H groups in total. The zero-order valence-corrected chi connectivity index (χ0v) is 8.83. The van der Waals surface area contributed by atoms with Gasteiger partial charge in [-0.2, -0.15) is 0 Å². The van der Waals surface area contributed by atoms with E-state index in [1.54, 1.807) is 11.8 Å². The molecule has 0 bridgehead atoms. The molecule has 0 aromatic heterocycles. The number of hydrogen-bond donors (Lipinski definition) is 1. The minimum absolute atomic E-state index is 0.125. The smallest absolute Gasteiger partial charge is 0.228 e. The second-order valence-corrected chi connectivity index (χ2v) is 3.78. The van der Waals surface area contributed by atoms with E-state index in [0.29, 0.717) is 6.54 Å². The summed E-state index contributed by atoms with van der Waals surface area (Å²) in [5, 5.41) is 12.8. The highest BCUT2D eigenvalue weighted by Gasteiger charge is 2.29. The molecular formula is C9H16N4O2. The maximum absolute atomic E-state index is 11.6. The van der Waals surface area contributed by atoms with Crippen LogP contribution in [0.3, 0.4) is 0 Å². The van der Waals surface area contributed by atoms with Crippen LogP contribution in [-0.2, 0) is 4.79 Å². The summed E-state index contributed by atoms with van der Waals surface area (Å²) in [6.45, 7) is 2.18. The molecule has 1 saturated heterocycles. The van der Waals surface area contributed by atoms with Gasteiger partial charge < -0.3 is 10.0 Å². The summed E-state index contributed by atoms with van der Waals surface area (Å²) in [5.74, 6) is -0.196. The van der Waals surface area contributed by atoms with Crippen LogP contribution in [0.2, 0.25) is 0 Å². The van der Waals surface area contributed by atoms with E-state index in [2.05, 4.69) is 10.0 Å². The maximum Gasteiger partial charge on any atom is 0.228 e. The average Bonchev–Trinajstić information content (AvgIpc) is 2.25. The Morgan fingerprint density at radius 2 is 2.47 bits per heavy atom. The lowest BCUT2D eigenvalue weighted by atomic mass is 9.98. The molecule has 0 spiro atoms. The van der Waals surface area contributed by atoms with Crippen molar-refractivity contribution in [3.63, 3.8) is 0 Å². The number of likely N-dealkylation sites (tertiary alicyclic amines) is 1. The second-order valence-electron chi connectivity index (χ2n) is 3.78. The molecule has 2 atom stereocenters. The summed E-state index contributed by atoms with van der Waals surface area (Å²) in [6, 6.07) is -0.125. The molecule has 0 radical (unpaired) electrons. The summed E-state index contributed by atoms with van der Waals surface area (Å²) in [4.78, 5) is 15.8. The quantitative estimate of drug-likeness (QED) is 0.430. The minimum atomic E-state index is -0.527. The van der Waals surface area contributed by atoms with E-state index >= 15 is 0 Å². The van der Waals surface area contributed by atoms with Gasteiger partial charge in [0.25, 0.3) is 0 Å². The Morgan fingerprint density at radius 1 is 1.73 bits per heavy atom. The number of aliphatic hydroxyl groups excluding tert-OH is 1. The number of amides is 1. The average molecular weight is 212 g/mol. The van der Waals surface area contributed by atoms with Crippen LogP contribution in [0.4, 0.5) is 0 Å². The van der Waals surface area contributed by atoms with Crippen LogP contribution >= 0.6 is 0 Å². The van der Waals surface area contributed by atoms with Gasteiger partial charge in [-0.05, 0) is 31.7 Å². The van der Waals surface area contributed by atoms with Crippen molar-refractivity contribution in [3.8, 4) is 0 Å². The normalized spacial score (nSPS) is 23.1. The Hall–Kier alpha value is -1.26. The van der Waals surface area contributed by atoms with Crippen LogP contribution in [0.15, 0.2) is 5.11 Å². The van der Waals surface area contributed by atoms with Crippen LogP contribution in [0.25, 0.3) is 10.4 Å². The Labute approximate surface area is 88.5 Å². The number of carbonyl (C=O) groups excluding carboxylic acids is 1. The van der Waals surface area contributed by atoms with E-state index in [9.17, 15) is 9.90 Å². The fourth-order valence-electron chi connectivity index (χ4n) is 1.95. The van der Waals surface area contributed by atoms with Crippen LogP contribution in [-0.4, -0.2) is 41.1 Å². The number of carbonyl (C=O) groups is 1. The second kappa shape index (κ2) is 5.58. The standard InChI is InChI=1S/C9H16N4O2/c1-7(14)8-4-2-3-5-13(8)9(15)6-11-12-10/h7-8,14H,2-6H2,1H3/t7-,8+/m0/s1. The Morgan fingerprint density at radius 3 is 3.07 bits per heavy atom. The molecule has 0 saturated carbocycles. The molecule has 1 fully saturated rings. The largest absolute Gasteiger partial charge is 0.391 e. The molecule has 1 heterocycles. The third-order valence-corrected chi connectivity index (χ3v) is 2.70. The molecule has 1 amide bonds. The predicted octanol–water partition coefficient (Wildman–Crippen LogP) is 1.06. The fourth-order valence-corrected chi connectivity index (χ4v) is 1.95. The molecule has 0 aromatic rings. The first-order chi connectivity index (χ1) is 7.16. The van der Waals surface area contributed by atoms with Crippen LogP contribution in [0.1, 0.15) is 26.2 Å². The highest BCUT2D eigenvalue weighted by atomic mass is 16.3. The third kappa shape index (κ3) is 3.11. The zero-order valence-electron chi connectivity index (χ0n) is 8.83.